The van der Waals surface area contributed by atoms with Gasteiger partial charge in [-0.15, -0.1) is 0 Å². The van der Waals surface area contributed by atoms with Crippen molar-refractivity contribution in [1.82, 2.24) is 5.16 Å². The van der Waals surface area contributed by atoms with Crippen LogP contribution in [0.3, 0.4) is 0 Å². The third-order valence-corrected chi connectivity index (χ3v) is 1.07. The highest BCUT2D eigenvalue weighted by molar-refractivity contribution is 9.10. The van der Waals surface area contributed by atoms with Crippen molar-refractivity contribution in [2.75, 3.05) is 0 Å². The summed E-state index contributed by atoms with van der Waals surface area (Å²) in [6.07, 6.45) is 0. The molecule has 0 aliphatic rings. The molecule has 0 radical (unpaired) electrons. The van der Waals surface area contributed by atoms with Crippen molar-refractivity contribution in [3.63, 3.8) is 0 Å². The molecule has 5 heteroatoms. The fraction of sp³-hybridized carbons (Fsp3) is 0. The third kappa shape index (κ3) is 1.29. The number of hydrogen-bond acceptors (Lipinski definition) is 3. The number of hydrogen-bond donors (Lipinski definition) is 1. The van der Waals surface area contributed by atoms with Crippen LogP contribution in [0.2, 0.25) is 0 Å². The third-order valence-electron chi connectivity index (χ3n) is 0.692. The Balaban J connectivity index is 2.98. The maximum atomic E-state index is 10.1. The van der Waals surface area contributed by atoms with Crippen molar-refractivity contribution in [1.29, 1.82) is 0 Å². The summed E-state index contributed by atoms with van der Waals surface area (Å²) in [4.78, 5) is 10.1. The van der Waals surface area contributed by atoms with Crippen LogP contribution in [-0.2, 0) is 0 Å². The van der Waals surface area contributed by atoms with Crippen molar-refractivity contribution in [3.8, 4) is 0 Å². The Bertz CT molecular complexity index is 231. The largest absolute Gasteiger partial charge is 0.475 e. The van der Waals surface area contributed by atoms with Gasteiger partial charge in [-0.3, -0.25) is 0 Å². The van der Waals surface area contributed by atoms with E-state index in [2.05, 4.69) is 25.6 Å². The van der Waals surface area contributed by atoms with Gasteiger partial charge in [0.25, 0.3) is 0 Å². The molecular formula is C4H2BrNO3. The first kappa shape index (κ1) is 6.28. The first-order chi connectivity index (χ1) is 4.20. The summed E-state index contributed by atoms with van der Waals surface area (Å²) in [5.74, 6) is -1.28. The van der Waals surface area contributed by atoms with E-state index in [4.69, 9.17) is 5.11 Å². The van der Waals surface area contributed by atoms with E-state index in [0.29, 0.717) is 4.60 Å². The minimum absolute atomic E-state index is 0.165. The van der Waals surface area contributed by atoms with E-state index in [9.17, 15) is 4.79 Å². The zero-order valence-electron chi connectivity index (χ0n) is 4.17. The molecule has 0 bridgehead atoms. The standard InChI is InChI=1S/C4H2BrNO3/c5-3-1-2(4(7)8)9-6-3/h1H,(H,7,8). The summed E-state index contributed by atoms with van der Waals surface area (Å²) in [5, 5.41) is 11.5. The lowest BCUT2D eigenvalue weighted by Crippen LogP contribution is -1.91. The second-order valence-corrected chi connectivity index (χ2v) is 2.13. The van der Waals surface area contributed by atoms with Gasteiger partial charge in [0.15, 0.2) is 0 Å². The number of carbonyl (C=O) groups is 1. The van der Waals surface area contributed by atoms with Crippen molar-refractivity contribution >= 4 is 21.9 Å². The number of rotatable bonds is 1. The van der Waals surface area contributed by atoms with Crippen LogP contribution >= 0.6 is 15.9 Å². The molecule has 1 heterocycles. The topological polar surface area (TPSA) is 63.3 Å². The average Bonchev–Trinajstić information content (AvgIpc) is 2.14. The number of aromatic nitrogens is 1. The summed E-state index contributed by atoms with van der Waals surface area (Å²) in [6.45, 7) is 0. The van der Waals surface area contributed by atoms with Crippen molar-refractivity contribution < 1.29 is 14.4 Å². The molecule has 1 N–H and O–H groups in total. The molecule has 1 aromatic heterocycles. The van der Waals surface area contributed by atoms with Crippen LogP contribution in [-0.4, -0.2) is 16.2 Å². The van der Waals surface area contributed by atoms with Crippen LogP contribution in [0, 0.1) is 0 Å². The Kier molecular flexibility index (Phi) is 1.52. The molecule has 1 rings (SSSR count). The van der Waals surface area contributed by atoms with Gasteiger partial charge in [-0.1, -0.05) is 5.16 Å². The minimum Gasteiger partial charge on any atom is -0.475 e. The molecule has 0 unspecified atom stereocenters. The second kappa shape index (κ2) is 2.18. The van der Waals surface area contributed by atoms with Gasteiger partial charge in [0.2, 0.25) is 5.76 Å². The van der Waals surface area contributed by atoms with E-state index in [0.717, 1.165) is 0 Å². The molecule has 0 spiro atoms. The molecule has 0 atom stereocenters. The molecular weight excluding hydrogens is 190 g/mol. The number of halogens is 1. The number of carboxylic acid groups (broad SMARTS) is 1. The molecule has 0 amide bonds. The van der Waals surface area contributed by atoms with Gasteiger partial charge in [0.1, 0.15) is 4.60 Å². The van der Waals surface area contributed by atoms with Gasteiger partial charge < -0.3 is 9.63 Å². The number of aromatic carboxylic acids is 1. The fourth-order valence-corrected chi connectivity index (χ4v) is 0.635. The fourth-order valence-electron chi connectivity index (χ4n) is 0.354. The van der Waals surface area contributed by atoms with Crippen molar-refractivity contribution in [2.24, 2.45) is 0 Å². The van der Waals surface area contributed by atoms with E-state index in [1.807, 2.05) is 0 Å². The van der Waals surface area contributed by atoms with Gasteiger partial charge in [0, 0.05) is 6.07 Å². The van der Waals surface area contributed by atoms with Gasteiger partial charge >= 0.3 is 5.97 Å². The Hall–Kier alpha value is -0.840. The highest BCUT2D eigenvalue weighted by atomic mass is 79.9. The predicted molar refractivity (Wildman–Crippen MR) is 31.2 cm³/mol. The van der Waals surface area contributed by atoms with Crippen LogP contribution < -0.4 is 0 Å². The first-order valence-electron chi connectivity index (χ1n) is 2.05. The molecule has 9 heavy (non-hydrogen) atoms. The van der Waals surface area contributed by atoms with Crippen LogP contribution in [0.5, 0.6) is 0 Å². The van der Waals surface area contributed by atoms with E-state index >= 15 is 0 Å². The van der Waals surface area contributed by atoms with Crippen molar-refractivity contribution in [2.45, 2.75) is 0 Å². The summed E-state index contributed by atoms with van der Waals surface area (Å²) in [5.41, 5.74) is 0. The molecule has 0 fully saturated rings. The molecule has 0 aromatic carbocycles. The van der Waals surface area contributed by atoms with Gasteiger partial charge in [-0.2, -0.15) is 0 Å². The summed E-state index contributed by atoms with van der Waals surface area (Å²) < 4.78 is 4.72. The van der Waals surface area contributed by atoms with E-state index in [-0.39, 0.29) is 5.76 Å². The number of carboxylic acids is 1. The monoisotopic (exact) mass is 191 g/mol. The maximum absolute atomic E-state index is 10.1. The lowest BCUT2D eigenvalue weighted by atomic mass is 10.5. The zero-order valence-corrected chi connectivity index (χ0v) is 5.75. The Morgan fingerprint density at radius 1 is 1.89 bits per heavy atom. The first-order valence-corrected chi connectivity index (χ1v) is 2.85. The molecule has 48 valence electrons. The summed E-state index contributed by atoms with van der Waals surface area (Å²) in [7, 11) is 0. The molecule has 1 aromatic rings. The molecule has 0 aliphatic heterocycles. The lowest BCUT2D eigenvalue weighted by molar-refractivity contribution is 0.0652. The van der Waals surface area contributed by atoms with Crippen molar-refractivity contribution in [3.05, 3.63) is 16.4 Å². The van der Waals surface area contributed by atoms with Crippen LogP contribution in [0.25, 0.3) is 0 Å². The van der Waals surface area contributed by atoms with Gasteiger partial charge in [-0.25, -0.2) is 4.79 Å². The van der Waals surface area contributed by atoms with Crippen LogP contribution in [0.1, 0.15) is 10.6 Å². The normalized spacial score (nSPS) is 9.44. The average molecular weight is 192 g/mol. The highest BCUT2D eigenvalue weighted by Crippen LogP contribution is 2.08. The highest BCUT2D eigenvalue weighted by Gasteiger charge is 2.07. The molecule has 0 aliphatic carbocycles. The molecule has 0 saturated heterocycles. The molecule has 4 nitrogen and oxygen atoms in total. The van der Waals surface area contributed by atoms with Crippen LogP contribution in [0.4, 0.5) is 0 Å². The second-order valence-electron chi connectivity index (χ2n) is 1.32. The Labute approximate surface area is 58.6 Å². The van der Waals surface area contributed by atoms with Crippen LogP contribution in [0.15, 0.2) is 15.2 Å². The van der Waals surface area contributed by atoms with Gasteiger partial charge in [0.05, 0.1) is 0 Å². The van der Waals surface area contributed by atoms with E-state index < -0.39 is 5.97 Å². The minimum atomic E-state index is -1.12. The quantitative estimate of drug-likeness (QED) is 0.724. The smallest absolute Gasteiger partial charge is 0.374 e. The Morgan fingerprint density at radius 3 is 2.78 bits per heavy atom. The zero-order chi connectivity index (χ0) is 6.85. The van der Waals surface area contributed by atoms with Gasteiger partial charge in [-0.05, 0) is 15.9 Å². The van der Waals surface area contributed by atoms with E-state index in [1.54, 1.807) is 0 Å². The summed E-state index contributed by atoms with van der Waals surface area (Å²) in [6, 6.07) is 1.28. The van der Waals surface area contributed by atoms with E-state index in [1.165, 1.54) is 6.07 Å². The molecule has 0 saturated carbocycles. The maximum Gasteiger partial charge on any atom is 0.374 e. The Morgan fingerprint density at radius 2 is 2.56 bits per heavy atom. The number of nitrogens with zero attached hydrogens (tertiary/aromatic N) is 1. The SMILES string of the molecule is O=C(O)c1cc(Br)no1. The predicted octanol–water partition coefficient (Wildman–Crippen LogP) is 1.14. The lowest BCUT2D eigenvalue weighted by Gasteiger charge is -1.76. The summed E-state index contributed by atoms with van der Waals surface area (Å²) >= 11 is 2.93.